The van der Waals surface area contributed by atoms with Crippen LogP contribution in [0.15, 0.2) is 24.3 Å². The van der Waals surface area contributed by atoms with Crippen LogP contribution in [0, 0.1) is 10.1 Å². The van der Waals surface area contributed by atoms with Crippen LogP contribution < -0.4 is 10.0 Å². The number of benzene rings is 1. The molecule has 7 nitrogen and oxygen atoms in total. The fourth-order valence-corrected chi connectivity index (χ4v) is 3.91. The van der Waals surface area contributed by atoms with Crippen molar-refractivity contribution in [1.29, 1.82) is 0 Å². The van der Waals surface area contributed by atoms with E-state index in [1.165, 1.54) is 24.3 Å². The number of hydrogen-bond acceptors (Lipinski definition) is 5. The van der Waals surface area contributed by atoms with Crippen molar-refractivity contribution in [3.63, 3.8) is 0 Å². The normalized spacial score (nSPS) is 22.9. The molecule has 2 unspecified atom stereocenters. The highest BCUT2D eigenvalue weighted by atomic mass is 32.2. The van der Waals surface area contributed by atoms with E-state index >= 15 is 0 Å². The molecular weight excluding hydrogens is 294 g/mol. The molecule has 8 heteroatoms. The first-order chi connectivity index (χ1) is 9.87. The lowest BCUT2D eigenvalue weighted by molar-refractivity contribution is -0.384. The van der Waals surface area contributed by atoms with Crippen molar-refractivity contribution in [3.8, 4) is 0 Å². The van der Waals surface area contributed by atoms with Gasteiger partial charge >= 0.3 is 0 Å². The largest absolute Gasteiger partial charge is 0.313 e. The summed E-state index contributed by atoms with van der Waals surface area (Å²) in [6.45, 7) is 2.86. The monoisotopic (exact) mass is 313 g/mol. The maximum Gasteiger partial charge on any atom is 0.269 e. The molecule has 1 aliphatic heterocycles. The molecule has 1 heterocycles. The van der Waals surface area contributed by atoms with Gasteiger partial charge in [-0.25, -0.2) is 13.1 Å². The maximum absolute atomic E-state index is 12.2. The second-order valence-electron chi connectivity index (χ2n) is 5.29. The molecule has 1 aromatic rings. The van der Waals surface area contributed by atoms with Crippen LogP contribution in [0.1, 0.15) is 25.3 Å². The second kappa shape index (κ2) is 6.50. The Morgan fingerprint density at radius 1 is 1.38 bits per heavy atom. The SMILES string of the molecule is CC1NCCCC1NS(=O)(=O)Cc1ccc([N+](=O)[O-])cc1. The quantitative estimate of drug-likeness (QED) is 0.627. The van der Waals surface area contributed by atoms with E-state index in [0.717, 1.165) is 19.4 Å². The van der Waals surface area contributed by atoms with E-state index in [-0.39, 0.29) is 23.5 Å². The predicted molar refractivity (Wildman–Crippen MR) is 79.3 cm³/mol. The Hall–Kier alpha value is -1.51. The van der Waals surface area contributed by atoms with Crippen LogP contribution >= 0.6 is 0 Å². The van der Waals surface area contributed by atoms with E-state index in [2.05, 4.69) is 10.0 Å². The fraction of sp³-hybridized carbons (Fsp3) is 0.538. The molecule has 0 bridgehead atoms. The van der Waals surface area contributed by atoms with Gasteiger partial charge < -0.3 is 5.32 Å². The van der Waals surface area contributed by atoms with Crippen molar-refractivity contribution in [2.75, 3.05) is 6.54 Å². The first-order valence-electron chi connectivity index (χ1n) is 6.84. The molecule has 0 spiro atoms. The number of nitro benzene ring substituents is 1. The minimum absolute atomic E-state index is 0.0470. The van der Waals surface area contributed by atoms with Gasteiger partial charge in [-0.3, -0.25) is 10.1 Å². The Balaban J connectivity index is 2.01. The lowest BCUT2D eigenvalue weighted by Gasteiger charge is -2.30. The smallest absolute Gasteiger partial charge is 0.269 e. The molecule has 2 atom stereocenters. The van der Waals surface area contributed by atoms with Gasteiger partial charge in [-0.15, -0.1) is 0 Å². The third-order valence-corrected chi connectivity index (χ3v) is 4.97. The molecule has 1 aliphatic rings. The first kappa shape index (κ1) is 15.9. The Morgan fingerprint density at radius 2 is 2.05 bits per heavy atom. The predicted octanol–water partition coefficient (Wildman–Crippen LogP) is 1.15. The third kappa shape index (κ3) is 4.48. The average molecular weight is 313 g/mol. The van der Waals surface area contributed by atoms with Crippen molar-refractivity contribution in [2.45, 2.75) is 37.6 Å². The molecule has 1 fully saturated rings. The Labute approximate surface area is 123 Å². The zero-order chi connectivity index (χ0) is 15.5. The molecule has 0 saturated carbocycles. The van der Waals surface area contributed by atoms with Crippen LogP contribution in [-0.2, 0) is 15.8 Å². The highest BCUT2D eigenvalue weighted by molar-refractivity contribution is 7.88. The topological polar surface area (TPSA) is 101 Å². The van der Waals surface area contributed by atoms with Gasteiger partial charge in [-0.2, -0.15) is 0 Å². The highest BCUT2D eigenvalue weighted by Gasteiger charge is 2.25. The molecule has 21 heavy (non-hydrogen) atoms. The van der Waals surface area contributed by atoms with E-state index in [1.54, 1.807) is 0 Å². The summed E-state index contributed by atoms with van der Waals surface area (Å²) in [4.78, 5) is 10.1. The molecule has 1 aromatic carbocycles. The zero-order valence-electron chi connectivity index (χ0n) is 11.8. The minimum atomic E-state index is -3.46. The molecule has 2 rings (SSSR count). The molecule has 0 aromatic heterocycles. The van der Waals surface area contributed by atoms with Crippen molar-refractivity contribution in [3.05, 3.63) is 39.9 Å². The van der Waals surface area contributed by atoms with Crippen LogP contribution in [0.4, 0.5) is 5.69 Å². The minimum Gasteiger partial charge on any atom is -0.313 e. The van der Waals surface area contributed by atoms with E-state index in [0.29, 0.717) is 5.56 Å². The van der Waals surface area contributed by atoms with Crippen LogP contribution in [0.25, 0.3) is 0 Å². The van der Waals surface area contributed by atoms with Gasteiger partial charge in [0.15, 0.2) is 0 Å². The van der Waals surface area contributed by atoms with Gasteiger partial charge in [-0.1, -0.05) is 12.1 Å². The Morgan fingerprint density at radius 3 is 2.62 bits per heavy atom. The van der Waals surface area contributed by atoms with Crippen molar-refractivity contribution in [2.24, 2.45) is 0 Å². The van der Waals surface area contributed by atoms with E-state index in [1.807, 2.05) is 6.92 Å². The Bertz CT molecular complexity index is 600. The van der Waals surface area contributed by atoms with E-state index < -0.39 is 14.9 Å². The van der Waals surface area contributed by atoms with Gasteiger partial charge in [0.2, 0.25) is 10.0 Å². The van der Waals surface area contributed by atoms with Gasteiger partial charge in [0.25, 0.3) is 5.69 Å². The summed E-state index contributed by atoms with van der Waals surface area (Å²) in [5.41, 5.74) is 0.485. The van der Waals surface area contributed by atoms with Crippen LogP contribution in [0.3, 0.4) is 0 Å². The molecule has 0 amide bonds. The molecule has 1 saturated heterocycles. The first-order valence-corrected chi connectivity index (χ1v) is 8.49. The molecule has 116 valence electrons. The summed E-state index contributed by atoms with van der Waals surface area (Å²) in [7, 11) is -3.46. The number of hydrogen-bond donors (Lipinski definition) is 2. The number of sulfonamides is 1. The zero-order valence-corrected chi connectivity index (χ0v) is 12.6. The molecule has 0 aliphatic carbocycles. The van der Waals surface area contributed by atoms with Crippen LogP contribution in [-0.4, -0.2) is 32.0 Å². The van der Waals surface area contributed by atoms with Crippen molar-refractivity contribution in [1.82, 2.24) is 10.0 Å². The molecule has 2 N–H and O–H groups in total. The highest BCUT2D eigenvalue weighted by Crippen LogP contribution is 2.15. The van der Waals surface area contributed by atoms with Gasteiger partial charge in [-0.05, 0) is 31.9 Å². The molecular formula is C13H19N3O4S. The van der Waals surface area contributed by atoms with Crippen molar-refractivity contribution < 1.29 is 13.3 Å². The standard InChI is InChI=1S/C13H19N3O4S/c1-10-13(3-2-8-14-10)15-21(19,20)9-11-4-6-12(7-5-11)16(17)18/h4-7,10,13-15H,2-3,8-9H2,1H3. The van der Waals surface area contributed by atoms with Crippen LogP contribution in [0.5, 0.6) is 0 Å². The summed E-state index contributed by atoms with van der Waals surface area (Å²) < 4.78 is 27.0. The Kier molecular flexibility index (Phi) is 4.92. The lowest BCUT2D eigenvalue weighted by Crippen LogP contribution is -2.52. The maximum atomic E-state index is 12.2. The number of nitro groups is 1. The summed E-state index contributed by atoms with van der Waals surface area (Å²) in [5, 5.41) is 13.8. The summed E-state index contributed by atoms with van der Waals surface area (Å²) in [6.07, 6.45) is 1.75. The van der Waals surface area contributed by atoms with Gasteiger partial charge in [0, 0.05) is 24.2 Å². The number of nitrogens with one attached hydrogen (secondary N) is 2. The number of piperidine rings is 1. The lowest BCUT2D eigenvalue weighted by atomic mass is 10.0. The van der Waals surface area contributed by atoms with Gasteiger partial charge in [0.1, 0.15) is 0 Å². The summed E-state index contributed by atoms with van der Waals surface area (Å²) >= 11 is 0. The van der Waals surface area contributed by atoms with Gasteiger partial charge in [0.05, 0.1) is 10.7 Å². The summed E-state index contributed by atoms with van der Waals surface area (Å²) in [5.74, 6) is -0.172. The fourth-order valence-electron chi connectivity index (χ4n) is 2.41. The third-order valence-electron chi connectivity index (χ3n) is 3.60. The van der Waals surface area contributed by atoms with Crippen molar-refractivity contribution >= 4 is 15.7 Å². The second-order valence-corrected chi connectivity index (χ2v) is 7.05. The van der Waals surface area contributed by atoms with Crippen LogP contribution in [0.2, 0.25) is 0 Å². The van der Waals surface area contributed by atoms with E-state index in [9.17, 15) is 18.5 Å². The summed E-state index contributed by atoms with van der Waals surface area (Å²) in [6, 6.07) is 5.57. The molecule has 0 radical (unpaired) electrons. The van der Waals surface area contributed by atoms with E-state index in [4.69, 9.17) is 0 Å². The number of non-ortho nitro benzene ring substituents is 1. The number of rotatable bonds is 5. The number of nitrogens with zero attached hydrogens (tertiary/aromatic N) is 1. The average Bonchev–Trinajstić information content (AvgIpc) is 2.41.